The molecule has 6 heteroatoms. The molecule has 0 saturated carbocycles. The Balaban J connectivity index is 1.39. The third-order valence-corrected chi connectivity index (χ3v) is 4.87. The SMILES string of the molecule is Cn1cc(-c2ccc3cnc(NCOC[C@@H]4CCCNC4)cc3c2)cn1. The lowest BCUT2D eigenvalue weighted by molar-refractivity contribution is 0.103. The van der Waals surface area contributed by atoms with Crippen molar-refractivity contribution in [2.75, 3.05) is 31.7 Å². The predicted molar refractivity (Wildman–Crippen MR) is 104 cm³/mol. The molecule has 1 fully saturated rings. The molecule has 1 aliphatic heterocycles. The number of nitrogens with zero attached hydrogens (tertiary/aromatic N) is 3. The Labute approximate surface area is 153 Å². The first-order valence-corrected chi connectivity index (χ1v) is 9.19. The van der Waals surface area contributed by atoms with E-state index in [0.717, 1.165) is 47.4 Å². The average Bonchev–Trinajstić information content (AvgIpc) is 3.12. The number of pyridine rings is 1. The zero-order chi connectivity index (χ0) is 17.8. The van der Waals surface area contributed by atoms with Gasteiger partial charge >= 0.3 is 0 Å². The smallest absolute Gasteiger partial charge is 0.128 e. The summed E-state index contributed by atoms with van der Waals surface area (Å²) in [6.07, 6.45) is 8.30. The van der Waals surface area contributed by atoms with E-state index in [4.69, 9.17) is 4.74 Å². The van der Waals surface area contributed by atoms with Gasteiger partial charge in [0.1, 0.15) is 12.5 Å². The Morgan fingerprint density at radius 1 is 1.23 bits per heavy atom. The summed E-state index contributed by atoms with van der Waals surface area (Å²) in [5.41, 5.74) is 2.27. The number of hydrogen-bond donors (Lipinski definition) is 2. The summed E-state index contributed by atoms with van der Waals surface area (Å²) in [4.78, 5) is 4.48. The number of aromatic nitrogens is 3. The molecular weight excluding hydrogens is 326 g/mol. The highest BCUT2D eigenvalue weighted by molar-refractivity contribution is 5.88. The van der Waals surface area contributed by atoms with Crippen molar-refractivity contribution >= 4 is 16.6 Å². The van der Waals surface area contributed by atoms with E-state index in [1.807, 2.05) is 30.3 Å². The monoisotopic (exact) mass is 351 g/mol. The van der Waals surface area contributed by atoms with Gasteiger partial charge in [-0.25, -0.2) is 4.98 Å². The fraction of sp³-hybridized carbons (Fsp3) is 0.400. The molecule has 2 aromatic heterocycles. The zero-order valence-corrected chi connectivity index (χ0v) is 15.1. The number of nitrogens with one attached hydrogen (secondary N) is 2. The van der Waals surface area contributed by atoms with E-state index in [-0.39, 0.29) is 0 Å². The van der Waals surface area contributed by atoms with Gasteiger partial charge < -0.3 is 15.4 Å². The van der Waals surface area contributed by atoms with Crippen LogP contribution in [0, 0.1) is 5.92 Å². The fourth-order valence-electron chi connectivity index (χ4n) is 3.40. The van der Waals surface area contributed by atoms with Crippen molar-refractivity contribution in [3.05, 3.63) is 42.9 Å². The van der Waals surface area contributed by atoms with Gasteiger partial charge in [-0.3, -0.25) is 4.68 Å². The molecular formula is C20H25N5O. The van der Waals surface area contributed by atoms with Crippen molar-refractivity contribution in [3.8, 4) is 11.1 Å². The van der Waals surface area contributed by atoms with E-state index in [9.17, 15) is 0 Å². The topological polar surface area (TPSA) is 64.0 Å². The van der Waals surface area contributed by atoms with E-state index < -0.39 is 0 Å². The van der Waals surface area contributed by atoms with Crippen LogP contribution in [-0.2, 0) is 11.8 Å². The van der Waals surface area contributed by atoms with Crippen molar-refractivity contribution in [1.29, 1.82) is 0 Å². The zero-order valence-electron chi connectivity index (χ0n) is 15.1. The second-order valence-electron chi connectivity index (χ2n) is 6.94. The number of benzene rings is 1. The number of rotatable bonds is 6. The summed E-state index contributed by atoms with van der Waals surface area (Å²) in [5, 5.41) is 13.2. The number of aryl methyl sites for hydroxylation is 1. The van der Waals surface area contributed by atoms with Gasteiger partial charge in [-0.2, -0.15) is 5.10 Å². The summed E-state index contributed by atoms with van der Waals surface area (Å²) < 4.78 is 7.60. The van der Waals surface area contributed by atoms with Crippen LogP contribution in [0.1, 0.15) is 12.8 Å². The van der Waals surface area contributed by atoms with Crippen LogP contribution >= 0.6 is 0 Å². The van der Waals surface area contributed by atoms with Gasteiger partial charge in [-0.1, -0.05) is 12.1 Å². The Hall–Kier alpha value is -2.44. The van der Waals surface area contributed by atoms with Gasteiger partial charge in [-0.05, 0) is 48.4 Å². The Bertz CT molecular complexity index is 870. The third-order valence-electron chi connectivity index (χ3n) is 4.87. The van der Waals surface area contributed by atoms with Crippen LogP contribution in [0.2, 0.25) is 0 Å². The minimum Gasteiger partial charge on any atom is -0.361 e. The highest BCUT2D eigenvalue weighted by Crippen LogP contribution is 2.25. The maximum atomic E-state index is 5.78. The van der Waals surface area contributed by atoms with Crippen molar-refractivity contribution < 1.29 is 4.74 Å². The first kappa shape index (κ1) is 17.0. The molecule has 6 nitrogen and oxygen atoms in total. The summed E-state index contributed by atoms with van der Waals surface area (Å²) in [6.45, 7) is 3.47. The van der Waals surface area contributed by atoms with Crippen LogP contribution in [0.25, 0.3) is 21.9 Å². The minimum absolute atomic E-state index is 0.483. The fourth-order valence-corrected chi connectivity index (χ4v) is 3.40. The van der Waals surface area contributed by atoms with Crippen molar-refractivity contribution in [3.63, 3.8) is 0 Å². The summed E-state index contributed by atoms with van der Waals surface area (Å²) in [6, 6.07) is 8.45. The molecule has 3 heterocycles. The normalized spacial score (nSPS) is 17.5. The van der Waals surface area contributed by atoms with Crippen molar-refractivity contribution in [2.45, 2.75) is 12.8 Å². The number of hydrogen-bond acceptors (Lipinski definition) is 5. The molecule has 2 N–H and O–H groups in total. The van der Waals surface area contributed by atoms with E-state index >= 15 is 0 Å². The van der Waals surface area contributed by atoms with Crippen molar-refractivity contribution in [1.82, 2.24) is 20.1 Å². The second-order valence-corrected chi connectivity index (χ2v) is 6.94. The highest BCUT2D eigenvalue weighted by atomic mass is 16.5. The standard InChI is InChI=1S/C20H25N5O/c1-25-12-19(11-24-25)16-4-5-17-10-22-20(8-18(17)7-16)23-14-26-13-15-3-2-6-21-9-15/h4-5,7-8,10-12,15,21H,2-3,6,9,13-14H2,1H3,(H,22,23)/t15-/m1/s1. The lowest BCUT2D eigenvalue weighted by Gasteiger charge is -2.22. The summed E-state index contributed by atoms with van der Waals surface area (Å²) >= 11 is 0. The molecule has 1 saturated heterocycles. The van der Waals surface area contributed by atoms with Crippen LogP contribution in [0.4, 0.5) is 5.82 Å². The molecule has 1 aliphatic rings. The quantitative estimate of drug-likeness (QED) is 0.528. The predicted octanol–water partition coefficient (Wildman–Crippen LogP) is 3.02. The van der Waals surface area contributed by atoms with Crippen LogP contribution < -0.4 is 10.6 Å². The molecule has 4 rings (SSSR count). The van der Waals surface area contributed by atoms with E-state index in [2.05, 4.69) is 45.0 Å². The second kappa shape index (κ2) is 7.85. The molecule has 1 aromatic carbocycles. The largest absolute Gasteiger partial charge is 0.361 e. The summed E-state index contributed by atoms with van der Waals surface area (Å²) in [7, 11) is 1.93. The molecule has 0 radical (unpaired) electrons. The van der Waals surface area contributed by atoms with E-state index in [0.29, 0.717) is 12.6 Å². The lowest BCUT2D eigenvalue weighted by Crippen LogP contribution is -2.32. The maximum Gasteiger partial charge on any atom is 0.128 e. The Morgan fingerprint density at radius 2 is 2.19 bits per heavy atom. The third kappa shape index (κ3) is 4.03. The molecule has 0 spiro atoms. The highest BCUT2D eigenvalue weighted by Gasteiger charge is 2.12. The molecule has 0 unspecified atom stereocenters. The minimum atomic E-state index is 0.483. The van der Waals surface area contributed by atoms with Gasteiger partial charge in [0.2, 0.25) is 0 Å². The van der Waals surface area contributed by atoms with E-state index in [1.54, 1.807) is 0 Å². The number of fused-ring (bicyclic) bond motifs is 1. The molecule has 0 bridgehead atoms. The number of piperidine rings is 1. The first-order chi connectivity index (χ1) is 12.8. The van der Waals surface area contributed by atoms with Gasteiger partial charge in [0.15, 0.2) is 0 Å². The van der Waals surface area contributed by atoms with Gasteiger partial charge in [0.05, 0.1) is 12.8 Å². The lowest BCUT2D eigenvalue weighted by atomic mass is 10.0. The van der Waals surface area contributed by atoms with Crippen LogP contribution in [-0.4, -0.2) is 41.2 Å². The van der Waals surface area contributed by atoms with E-state index in [1.165, 1.54) is 12.8 Å². The number of anilines is 1. The molecule has 3 aromatic rings. The number of ether oxygens (including phenoxy) is 1. The molecule has 1 atom stereocenters. The average molecular weight is 351 g/mol. The molecule has 0 amide bonds. The van der Waals surface area contributed by atoms with Gasteiger partial charge in [0.25, 0.3) is 0 Å². The van der Waals surface area contributed by atoms with Crippen LogP contribution in [0.15, 0.2) is 42.9 Å². The van der Waals surface area contributed by atoms with Crippen LogP contribution in [0.5, 0.6) is 0 Å². The summed E-state index contributed by atoms with van der Waals surface area (Å²) in [5.74, 6) is 1.46. The molecule has 26 heavy (non-hydrogen) atoms. The molecule has 0 aliphatic carbocycles. The Morgan fingerprint density at radius 3 is 3.00 bits per heavy atom. The van der Waals surface area contributed by atoms with Crippen LogP contribution in [0.3, 0.4) is 0 Å². The van der Waals surface area contributed by atoms with Gasteiger partial charge in [0, 0.05) is 36.9 Å². The maximum absolute atomic E-state index is 5.78. The first-order valence-electron chi connectivity index (χ1n) is 9.19. The van der Waals surface area contributed by atoms with Crippen molar-refractivity contribution in [2.24, 2.45) is 13.0 Å². The molecule has 136 valence electrons. The Kier molecular flexibility index (Phi) is 5.13. The van der Waals surface area contributed by atoms with Gasteiger partial charge in [-0.15, -0.1) is 0 Å².